The minimum Gasteiger partial charge on any atom is -0.493 e. The molecule has 2 fully saturated rings. The number of hydrogen-bond donors (Lipinski definition) is 1. The van der Waals surface area contributed by atoms with Crippen LogP contribution in [0.1, 0.15) is 51.7 Å². The van der Waals surface area contributed by atoms with Gasteiger partial charge >= 0.3 is 0 Å². The lowest BCUT2D eigenvalue weighted by Crippen LogP contribution is -2.81. The predicted octanol–water partition coefficient (Wildman–Crippen LogP) is 3.71. The fourth-order valence-corrected chi connectivity index (χ4v) is 8.37. The van der Waals surface area contributed by atoms with Gasteiger partial charge in [-0.05, 0) is 56.8 Å². The van der Waals surface area contributed by atoms with Crippen LogP contribution in [0, 0.1) is 16.7 Å². The molecule has 7 atom stereocenters. The summed E-state index contributed by atoms with van der Waals surface area (Å²) in [5.74, 6) is 1.63. The lowest BCUT2D eigenvalue weighted by molar-refractivity contribution is -0.261. The molecule has 2 aliphatic heterocycles. The Balaban J connectivity index is 1.67. The van der Waals surface area contributed by atoms with E-state index >= 15 is 0 Å². The minimum atomic E-state index is -0.933. The zero-order valence-electron chi connectivity index (χ0n) is 20.5. The molecular weight excluding hydrogens is 402 g/mol. The van der Waals surface area contributed by atoms with E-state index < -0.39 is 11.2 Å². The number of hydrogen-bond acceptors (Lipinski definition) is 5. The molecule has 2 heterocycles. The summed E-state index contributed by atoms with van der Waals surface area (Å²) in [6.45, 7) is 9.45. The summed E-state index contributed by atoms with van der Waals surface area (Å²) < 4.78 is 19.2. The number of benzene rings is 1. The van der Waals surface area contributed by atoms with Crippen LogP contribution in [-0.2, 0) is 16.6 Å². The van der Waals surface area contributed by atoms with Gasteiger partial charge in [-0.2, -0.15) is 0 Å². The summed E-state index contributed by atoms with van der Waals surface area (Å²) >= 11 is 0. The van der Waals surface area contributed by atoms with Crippen molar-refractivity contribution >= 4 is 0 Å². The molecule has 6 aliphatic rings. The van der Waals surface area contributed by atoms with Gasteiger partial charge < -0.3 is 24.2 Å². The Hall–Kier alpha value is -1.56. The molecule has 1 unspecified atom stereocenters. The van der Waals surface area contributed by atoms with Gasteiger partial charge in [0.05, 0.1) is 18.1 Å². The number of rotatable bonds is 3. The number of methoxy groups -OCH3 is 2. The smallest absolute Gasteiger partial charge is 0.166 e. The summed E-state index contributed by atoms with van der Waals surface area (Å²) in [6, 6.07) is 4.69. The van der Waals surface area contributed by atoms with Crippen LogP contribution in [0.25, 0.3) is 0 Å². The first kappa shape index (κ1) is 21.0. The van der Waals surface area contributed by atoms with Crippen molar-refractivity contribution < 1.29 is 19.3 Å². The monoisotopic (exact) mass is 439 g/mol. The summed E-state index contributed by atoms with van der Waals surface area (Å²) in [5, 5.41) is 12.1. The van der Waals surface area contributed by atoms with E-state index in [1.165, 1.54) is 11.1 Å². The maximum atomic E-state index is 12.1. The Morgan fingerprint density at radius 1 is 1.16 bits per heavy atom. The third kappa shape index (κ3) is 1.96. The van der Waals surface area contributed by atoms with Crippen LogP contribution < -0.4 is 9.47 Å². The summed E-state index contributed by atoms with van der Waals surface area (Å²) in [5.41, 5.74) is 0.548. The molecule has 1 saturated carbocycles. The molecule has 1 aromatic rings. The zero-order valence-corrected chi connectivity index (χ0v) is 20.5. The summed E-state index contributed by atoms with van der Waals surface area (Å²) in [7, 11) is 5.79. The average Bonchev–Trinajstić information content (AvgIpc) is 3.12. The van der Waals surface area contributed by atoms with Gasteiger partial charge in [-0.3, -0.25) is 0 Å². The van der Waals surface area contributed by atoms with E-state index in [4.69, 9.17) is 14.2 Å². The van der Waals surface area contributed by atoms with E-state index in [1.54, 1.807) is 14.2 Å². The van der Waals surface area contributed by atoms with Gasteiger partial charge in [0.2, 0.25) is 0 Å². The van der Waals surface area contributed by atoms with Crippen molar-refractivity contribution in [3.8, 4) is 11.5 Å². The van der Waals surface area contributed by atoms with E-state index in [9.17, 15) is 5.11 Å². The normalized spacial score (nSPS) is 42.9. The summed E-state index contributed by atoms with van der Waals surface area (Å²) in [6.07, 6.45) is 7.46. The van der Waals surface area contributed by atoms with Crippen LogP contribution in [0.3, 0.4) is 0 Å². The van der Waals surface area contributed by atoms with Crippen molar-refractivity contribution in [2.45, 2.75) is 75.7 Å². The number of likely N-dealkylation sites (tertiary alicyclic amines) is 1. The highest BCUT2D eigenvalue weighted by molar-refractivity contribution is 5.65. The highest BCUT2D eigenvalue weighted by Gasteiger charge is 2.80. The number of aliphatic hydroxyl groups is 1. The molecule has 0 radical (unpaired) electrons. The molecule has 1 saturated heterocycles. The maximum absolute atomic E-state index is 12.1. The minimum absolute atomic E-state index is 0.0843. The first-order valence-corrected chi connectivity index (χ1v) is 12.1. The fourth-order valence-electron chi connectivity index (χ4n) is 8.37. The molecule has 1 aromatic carbocycles. The second-order valence-corrected chi connectivity index (χ2v) is 12.1. The zero-order chi connectivity index (χ0) is 22.9. The standard InChI is InChI=1S/C27H37NO4/c1-23(2,3)24(4,29)18-15-25-10-11-27(18,31-7)22-26(25)12-13-28(5)19(25)14-16-8-9-17(30-6)21(32-22)20(16)26/h8-11,18-19,22,29H,12-15H2,1-7H3/t18-,19-,22-,24+,25+,26+,27?/m1/s1. The Labute approximate surface area is 191 Å². The molecule has 1 N–H and O–H groups in total. The van der Waals surface area contributed by atoms with Crippen molar-refractivity contribution in [1.82, 2.24) is 4.90 Å². The third-order valence-corrected chi connectivity index (χ3v) is 10.5. The topological polar surface area (TPSA) is 51.2 Å². The van der Waals surface area contributed by atoms with Crippen LogP contribution in [0.4, 0.5) is 0 Å². The molecule has 32 heavy (non-hydrogen) atoms. The molecule has 5 heteroatoms. The second kappa shape index (κ2) is 5.92. The first-order chi connectivity index (χ1) is 15.0. The van der Waals surface area contributed by atoms with Crippen LogP contribution >= 0.6 is 0 Å². The first-order valence-electron chi connectivity index (χ1n) is 12.1. The molecule has 174 valence electrons. The highest BCUT2D eigenvalue weighted by Crippen LogP contribution is 2.75. The van der Waals surface area contributed by atoms with E-state index in [0.29, 0.717) is 6.04 Å². The number of piperidine rings is 1. The SMILES string of the molecule is COc1ccc2c3c1O[C@H]1C4(OC)C=C[C@]5(C[C@@H]4[C@](C)(O)C(C)(C)C)[C@@H](C2)N(C)CC[C@]315. The van der Waals surface area contributed by atoms with Crippen LogP contribution in [0.2, 0.25) is 0 Å². The second-order valence-electron chi connectivity index (χ2n) is 12.1. The van der Waals surface area contributed by atoms with Crippen molar-refractivity contribution in [1.29, 1.82) is 0 Å². The van der Waals surface area contributed by atoms with Crippen molar-refractivity contribution in [2.75, 3.05) is 27.8 Å². The third-order valence-electron chi connectivity index (χ3n) is 10.5. The fraction of sp³-hybridized carbons (Fsp3) is 0.704. The Kier molecular flexibility index (Phi) is 3.88. The maximum Gasteiger partial charge on any atom is 0.166 e. The average molecular weight is 440 g/mol. The molecule has 5 nitrogen and oxygen atoms in total. The molecule has 2 spiro atoms. The summed E-state index contributed by atoms with van der Waals surface area (Å²) in [4.78, 5) is 2.55. The number of fused-ring (bicyclic) bond motifs is 1. The van der Waals surface area contributed by atoms with Crippen molar-refractivity contribution in [3.63, 3.8) is 0 Å². The molecule has 0 aromatic heterocycles. The Bertz CT molecular complexity index is 1030. The molecule has 4 aliphatic carbocycles. The van der Waals surface area contributed by atoms with Gasteiger partial charge in [0.1, 0.15) is 11.7 Å². The lowest BCUT2D eigenvalue weighted by atomic mass is 9.35. The highest BCUT2D eigenvalue weighted by atomic mass is 16.6. The van der Waals surface area contributed by atoms with Crippen LogP contribution in [0.5, 0.6) is 11.5 Å². The Morgan fingerprint density at radius 2 is 1.91 bits per heavy atom. The van der Waals surface area contributed by atoms with E-state index in [2.05, 4.69) is 57.0 Å². The molecule has 4 bridgehead atoms. The number of nitrogens with zero attached hydrogens (tertiary/aromatic N) is 1. The van der Waals surface area contributed by atoms with E-state index in [-0.39, 0.29) is 28.3 Å². The molecule has 0 amide bonds. The van der Waals surface area contributed by atoms with Crippen molar-refractivity contribution in [2.24, 2.45) is 16.7 Å². The molecule has 7 rings (SSSR count). The van der Waals surface area contributed by atoms with E-state index in [0.717, 1.165) is 37.3 Å². The Morgan fingerprint density at radius 3 is 2.56 bits per heavy atom. The van der Waals surface area contributed by atoms with Crippen LogP contribution in [0.15, 0.2) is 24.3 Å². The van der Waals surface area contributed by atoms with E-state index in [1.807, 2.05) is 6.92 Å². The molecular formula is C27H37NO4. The predicted molar refractivity (Wildman–Crippen MR) is 123 cm³/mol. The van der Waals surface area contributed by atoms with Gasteiger partial charge in [0.25, 0.3) is 0 Å². The number of likely N-dealkylation sites (N-methyl/N-ethyl adjacent to an activating group) is 1. The largest absolute Gasteiger partial charge is 0.493 e. The van der Waals surface area contributed by atoms with Gasteiger partial charge in [0.15, 0.2) is 11.5 Å². The van der Waals surface area contributed by atoms with Gasteiger partial charge in [0, 0.05) is 30.0 Å². The van der Waals surface area contributed by atoms with Gasteiger partial charge in [-0.25, -0.2) is 0 Å². The number of ether oxygens (including phenoxy) is 3. The van der Waals surface area contributed by atoms with Gasteiger partial charge in [-0.1, -0.05) is 39.0 Å². The van der Waals surface area contributed by atoms with Crippen molar-refractivity contribution in [3.05, 3.63) is 35.4 Å². The van der Waals surface area contributed by atoms with Gasteiger partial charge in [-0.15, -0.1) is 0 Å². The lowest BCUT2D eigenvalue weighted by Gasteiger charge is -2.72. The van der Waals surface area contributed by atoms with Crippen LogP contribution in [-0.4, -0.2) is 61.2 Å². The quantitative estimate of drug-likeness (QED) is 0.728.